The predicted molar refractivity (Wildman–Crippen MR) is 57.0 cm³/mol. The van der Waals surface area contributed by atoms with Gasteiger partial charge in [0.15, 0.2) is 9.84 Å². The molecule has 6 nitrogen and oxygen atoms in total. The molecule has 7 heteroatoms. The molecule has 0 unspecified atom stereocenters. The lowest BCUT2D eigenvalue weighted by atomic mass is 10.3. The van der Waals surface area contributed by atoms with Crippen LogP contribution in [-0.4, -0.2) is 32.8 Å². The first-order valence-electron chi connectivity index (χ1n) is 4.43. The summed E-state index contributed by atoms with van der Waals surface area (Å²) in [5, 5.41) is 10.5. The van der Waals surface area contributed by atoms with Gasteiger partial charge in [0.2, 0.25) is 0 Å². The van der Waals surface area contributed by atoms with Gasteiger partial charge in [-0.2, -0.15) is 0 Å². The fourth-order valence-electron chi connectivity index (χ4n) is 1.10. The largest absolute Gasteiger partial charge is 0.384 e. The van der Waals surface area contributed by atoms with Crippen molar-refractivity contribution in [1.29, 1.82) is 0 Å². The van der Waals surface area contributed by atoms with Crippen LogP contribution in [0.3, 0.4) is 0 Å². The summed E-state index contributed by atoms with van der Waals surface area (Å²) in [5.74, 6) is -0.190. The Hall–Kier alpha value is -1.47. The number of hydrogen-bond donors (Lipinski definition) is 0. The molecule has 0 atom stereocenters. The van der Waals surface area contributed by atoms with Crippen LogP contribution in [-0.2, 0) is 14.6 Å². The van der Waals surface area contributed by atoms with E-state index in [2.05, 4.69) is 4.74 Å². The van der Waals surface area contributed by atoms with Crippen LogP contribution in [0.4, 0.5) is 5.69 Å². The summed E-state index contributed by atoms with van der Waals surface area (Å²) in [6, 6.07) is 4.97. The highest BCUT2D eigenvalue weighted by Gasteiger charge is 2.17. The minimum Gasteiger partial charge on any atom is -0.384 e. The van der Waals surface area contributed by atoms with Gasteiger partial charge in [0, 0.05) is 19.2 Å². The van der Waals surface area contributed by atoms with Crippen molar-refractivity contribution >= 4 is 15.5 Å². The van der Waals surface area contributed by atoms with E-state index in [1.807, 2.05) is 0 Å². The molecule has 0 heterocycles. The highest BCUT2D eigenvalue weighted by Crippen LogP contribution is 2.18. The summed E-state index contributed by atoms with van der Waals surface area (Å²) in [6.45, 7) is 0.0605. The van der Waals surface area contributed by atoms with Gasteiger partial charge in [-0.1, -0.05) is 6.07 Å². The van der Waals surface area contributed by atoms with E-state index < -0.39 is 14.8 Å². The number of nitrogens with zero attached hydrogens (tertiary/aromatic N) is 1. The van der Waals surface area contributed by atoms with Crippen molar-refractivity contribution in [3.63, 3.8) is 0 Å². The normalized spacial score (nSPS) is 11.3. The second kappa shape index (κ2) is 5.04. The van der Waals surface area contributed by atoms with Crippen molar-refractivity contribution < 1.29 is 18.1 Å². The van der Waals surface area contributed by atoms with E-state index >= 15 is 0 Å². The van der Waals surface area contributed by atoms with Crippen molar-refractivity contribution in [2.24, 2.45) is 0 Å². The Bertz CT molecular complexity index is 482. The number of hydrogen-bond acceptors (Lipinski definition) is 5. The molecule has 1 rings (SSSR count). The van der Waals surface area contributed by atoms with Crippen molar-refractivity contribution in [2.45, 2.75) is 4.90 Å². The molecule has 16 heavy (non-hydrogen) atoms. The number of benzene rings is 1. The zero-order valence-corrected chi connectivity index (χ0v) is 9.44. The van der Waals surface area contributed by atoms with E-state index in [0.29, 0.717) is 0 Å². The Morgan fingerprint density at radius 1 is 1.44 bits per heavy atom. The molecule has 0 aliphatic rings. The van der Waals surface area contributed by atoms with Crippen LogP contribution in [0, 0.1) is 10.1 Å². The highest BCUT2D eigenvalue weighted by molar-refractivity contribution is 7.91. The molecule has 0 saturated carbocycles. The van der Waals surface area contributed by atoms with Crippen LogP contribution in [0.1, 0.15) is 0 Å². The van der Waals surface area contributed by atoms with E-state index in [4.69, 9.17) is 0 Å². The highest BCUT2D eigenvalue weighted by atomic mass is 32.2. The van der Waals surface area contributed by atoms with Gasteiger partial charge in [-0.15, -0.1) is 0 Å². The van der Waals surface area contributed by atoms with Crippen LogP contribution in [0.2, 0.25) is 0 Å². The number of nitro benzene ring substituents is 1. The van der Waals surface area contributed by atoms with Gasteiger partial charge in [-0.3, -0.25) is 10.1 Å². The van der Waals surface area contributed by atoms with Crippen molar-refractivity contribution in [3.05, 3.63) is 34.4 Å². The number of methoxy groups -OCH3 is 1. The molecule has 0 spiro atoms. The SMILES string of the molecule is COCCS(=O)(=O)c1cccc([N+](=O)[O-])c1. The van der Waals surface area contributed by atoms with E-state index in [9.17, 15) is 18.5 Å². The number of ether oxygens (including phenoxy) is 1. The van der Waals surface area contributed by atoms with E-state index in [1.165, 1.54) is 25.3 Å². The average molecular weight is 245 g/mol. The third-order valence-electron chi connectivity index (χ3n) is 1.94. The van der Waals surface area contributed by atoms with Crippen molar-refractivity contribution in [3.8, 4) is 0 Å². The molecule has 0 N–H and O–H groups in total. The second-order valence-electron chi connectivity index (χ2n) is 3.07. The van der Waals surface area contributed by atoms with Gasteiger partial charge in [0.1, 0.15) is 0 Å². The Morgan fingerprint density at radius 2 is 2.12 bits per heavy atom. The van der Waals surface area contributed by atoms with Gasteiger partial charge in [-0.05, 0) is 6.07 Å². The van der Waals surface area contributed by atoms with Gasteiger partial charge in [-0.25, -0.2) is 8.42 Å². The quantitative estimate of drug-likeness (QED) is 0.570. The zero-order valence-electron chi connectivity index (χ0n) is 8.62. The number of sulfone groups is 1. The Balaban J connectivity index is 3.04. The number of rotatable bonds is 5. The number of non-ortho nitro benzene ring substituents is 1. The topological polar surface area (TPSA) is 86.5 Å². The maximum atomic E-state index is 11.7. The van der Waals surface area contributed by atoms with Crippen molar-refractivity contribution in [1.82, 2.24) is 0 Å². The molecule has 1 aromatic rings. The third kappa shape index (κ3) is 3.01. The molecule has 0 radical (unpaired) electrons. The Kier molecular flexibility index (Phi) is 3.97. The van der Waals surface area contributed by atoms with Crippen LogP contribution in [0.15, 0.2) is 29.2 Å². The third-order valence-corrected chi connectivity index (χ3v) is 3.62. The minimum atomic E-state index is -3.51. The molecule has 0 saturated heterocycles. The van der Waals surface area contributed by atoms with Gasteiger partial charge in [0.05, 0.1) is 22.2 Å². The molecule has 0 fully saturated rings. The van der Waals surface area contributed by atoms with Crippen LogP contribution >= 0.6 is 0 Å². The van der Waals surface area contributed by atoms with Crippen LogP contribution in [0.5, 0.6) is 0 Å². The first-order valence-corrected chi connectivity index (χ1v) is 6.09. The molecule has 0 aromatic heterocycles. The standard InChI is InChI=1S/C9H11NO5S/c1-15-5-6-16(13,14)9-4-2-3-8(7-9)10(11)12/h2-4,7H,5-6H2,1H3. The van der Waals surface area contributed by atoms with E-state index in [0.717, 1.165) is 6.07 Å². The molecule has 0 bridgehead atoms. The monoisotopic (exact) mass is 245 g/mol. The lowest BCUT2D eigenvalue weighted by Gasteiger charge is -2.03. The molecular weight excluding hydrogens is 234 g/mol. The smallest absolute Gasteiger partial charge is 0.270 e. The molecule has 1 aromatic carbocycles. The summed E-state index contributed by atoms with van der Waals surface area (Å²) in [4.78, 5) is 9.79. The fourth-order valence-corrected chi connectivity index (χ4v) is 2.31. The second-order valence-corrected chi connectivity index (χ2v) is 5.18. The van der Waals surface area contributed by atoms with Crippen LogP contribution < -0.4 is 0 Å². The first kappa shape index (κ1) is 12.6. The maximum Gasteiger partial charge on any atom is 0.270 e. The van der Waals surface area contributed by atoms with Gasteiger partial charge >= 0.3 is 0 Å². The minimum absolute atomic E-state index is 0.0567. The summed E-state index contributed by atoms with van der Waals surface area (Å²) in [5.41, 5.74) is -0.238. The van der Waals surface area contributed by atoms with Gasteiger partial charge < -0.3 is 4.74 Å². The summed E-state index contributed by atoms with van der Waals surface area (Å²) in [7, 11) is -2.12. The Morgan fingerprint density at radius 3 is 2.69 bits per heavy atom. The molecule has 0 amide bonds. The molecular formula is C9H11NO5S. The van der Waals surface area contributed by atoms with Gasteiger partial charge in [0.25, 0.3) is 5.69 Å². The summed E-state index contributed by atoms with van der Waals surface area (Å²) < 4.78 is 28.0. The lowest BCUT2D eigenvalue weighted by Crippen LogP contribution is -2.11. The zero-order chi connectivity index (χ0) is 12.2. The average Bonchev–Trinajstić information content (AvgIpc) is 2.26. The fraction of sp³-hybridized carbons (Fsp3) is 0.333. The summed E-state index contributed by atoms with van der Waals surface area (Å²) in [6.07, 6.45) is 0. The predicted octanol–water partition coefficient (Wildman–Crippen LogP) is 1.01. The maximum absolute atomic E-state index is 11.7. The lowest BCUT2D eigenvalue weighted by molar-refractivity contribution is -0.385. The van der Waals surface area contributed by atoms with E-state index in [-0.39, 0.29) is 22.9 Å². The molecule has 0 aliphatic carbocycles. The van der Waals surface area contributed by atoms with E-state index in [1.54, 1.807) is 0 Å². The van der Waals surface area contributed by atoms with Crippen LogP contribution in [0.25, 0.3) is 0 Å². The number of nitro groups is 1. The van der Waals surface area contributed by atoms with Crippen molar-refractivity contribution in [2.75, 3.05) is 19.5 Å². The Labute approximate surface area is 92.9 Å². The first-order chi connectivity index (χ1) is 7.47. The summed E-state index contributed by atoms with van der Waals surface area (Å²) >= 11 is 0. The molecule has 88 valence electrons. The molecule has 0 aliphatic heterocycles.